The van der Waals surface area contributed by atoms with Crippen molar-refractivity contribution < 1.29 is 0 Å². The number of hydrogen-bond donors (Lipinski definition) is 1. The fraction of sp³-hybridized carbons (Fsp3) is 0.400. The Bertz CT molecular complexity index is 289. The Morgan fingerprint density at radius 3 is 2.85 bits per heavy atom. The zero-order valence-corrected chi connectivity index (χ0v) is 7.64. The molecule has 1 aromatic rings. The minimum atomic E-state index is -0.267. The van der Waals surface area contributed by atoms with E-state index in [1.54, 1.807) is 6.20 Å². The molecule has 0 saturated heterocycles. The zero-order chi connectivity index (χ0) is 9.68. The summed E-state index contributed by atoms with van der Waals surface area (Å²) in [6.07, 6.45) is 2.45. The lowest BCUT2D eigenvalue weighted by atomic mass is 9.96. The molecule has 1 rings (SSSR count). The lowest BCUT2D eigenvalue weighted by Crippen LogP contribution is -2.20. The van der Waals surface area contributed by atoms with E-state index in [0.717, 1.165) is 12.1 Å². The minimum Gasteiger partial charge on any atom is -0.322 e. The Morgan fingerprint density at radius 1 is 1.62 bits per heavy atom. The SMILES string of the molecule is CCC(C#N)C(N)c1ccccn1. The molecule has 1 aromatic heterocycles. The summed E-state index contributed by atoms with van der Waals surface area (Å²) in [5.74, 6) is -0.144. The van der Waals surface area contributed by atoms with Gasteiger partial charge in [-0.3, -0.25) is 4.98 Å². The first-order chi connectivity index (χ1) is 6.29. The van der Waals surface area contributed by atoms with Crippen LogP contribution in [-0.4, -0.2) is 4.98 Å². The molecule has 0 saturated carbocycles. The van der Waals surface area contributed by atoms with E-state index in [4.69, 9.17) is 11.0 Å². The monoisotopic (exact) mass is 175 g/mol. The molecule has 0 fully saturated rings. The molecule has 2 N–H and O–H groups in total. The molecule has 1 heterocycles. The summed E-state index contributed by atoms with van der Waals surface area (Å²) >= 11 is 0. The highest BCUT2D eigenvalue weighted by Crippen LogP contribution is 2.19. The molecule has 0 aliphatic rings. The number of aromatic nitrogens is 1. The lowest BCUT2D eigenvalue weighted by Gasteiger charge is -2.14. The van der Waals surface area contributed by atoms with E-state index < -0.39 is 0 Å². The first-order valence-electron chi connectivity index (χ1n) is 4.35. The molecule has 0 aliphatic heterocycles. The predicted molar refractivity (Wildman–Crippen MR) is 50.6 cm³/mol. The normalized spacial score (nSPS) is 14.5. The summed E-state index contributed by atoms with van der Waals surface area (Å²) in [5, 5.41) is 8.80. The molecule has 0 spiro atoms. The molecular weight excluding hydrogens is 162 g/mol. The molecule has 13 heavy (non-hydrogen) atoms. The molecule has 0 amide bonds. The van der Waals surface area contributed by atoms with E-state index >= 15 is 0 Å². The van der Waals surface area contributed by atoms with E-state index in [-0.39, 0.29) is 12.0 Å². The van der Waals surface area contributed by atoms with Gasteiger partial charge in [-0.1, -0.05) is 13.0 Å². The Hall–Kier alpha value is -1.40. The van der Waals surface area contributed by atoms with E-state index in [9.17, 15) is 0 Å². The standard InChI is InChI=1S/C10H13N3/c1-2-8(7-11)10(12)9-5-3-4-6-13-9/h3-6,8,10H,2,12H2,1H3. The Balaban J connectivity index is 2.79. The molecule has 3 nitrogen and oxygen atoms in total. The topological polar surface area (TPSA) is 62.7 Å². The summed E-state index contributed by atoms with van der Waals surface area (Å²) < 4.78 is 0. The smallest absolute Gasteiger partial charge is 0.0676 e. The fourth-order valence-corrected chi connectivity index (χ4v) is 1.20. The van der Waals surface area contributed by atoms with Gasteiger partial charge in [-0.25, -0.2) is 0 Å². The summed E-state index contributed by atoms with van der Waals surface area (Å²) in [6.45, 7) is 1.96. The highest BCUT2D eigenvalue weighted by Gasteiger charge is 2.17. The van der Waals surface area contributed by atoms with Crippen LogP contribution < -0.4 is 5.73 Å². The maximum absolute atomic E-state index is 8.80. The summed E-state index contributed by atoms with van der Waals surface area (Å²) in [7, 11) is 0. The second kappa shape index (κ2) is 4.58. The van der Waals surface area contributed by atoms with Crippen molar-refractivity contribution in [1.29, 1.82) is 5.26 Å². The molecular formula is C10H13N3. The van der Waals surface area contributed by atoms with Gasteiger partial charge in [-0.2, -0.15) is 5.26 Å². The first kappa shape index (κ1) is 9.69. The van der Waals surface area contributed by atoms with Crippen molar-refractivity contribution in [3.8, 4) is 6.07 Å². The van der Waals surface area contributed by atoms with E-state index in [2.05, 4.69) is 11.1 Å². The Labute approximate surface area is 78.2 Å². The van der Waals surface area contributed by atoms with Crippen LogP contribution in [0.5, 0.6) is 0 Å². The number of nitrogens with zero attached hydrogens (tertiary/aromatic N) is 2. The van der Waals surface area contributed by atoms with Crippen LogP contribution >= 0.6 is 0 Å². The van der Waals surface area contributed by atoms with Crippen LogP contribution in [0, 0.1) is 17.2 Å². The van der Waals surface area contributed by atoms with Crippen molar-refractivity contribution in [3.63, 3.8) is 0 Å². The largest absolute Gasteiger partial charge is 0.322 e. The molecule has 2 unspecified atom stereocenters. The Morgan fingerprint density at radius 2 is 2.38 bits per heavy atom. The average molecular weight is 175 g/mol. The highest BCUT2D eigenvalue weighted by molar-refractivity contribution is 5.11. The van der Waals surface area contributed by atoms with Gasteiger partial charge < -0.3 is 5.73 Å². The maximum Gasteiger partial charge on any atom is 0.0676 e. The number of hydrogen-bond acceptors (Lipinski definition) is 3. The maximum atomic E-state index is 8.80. The van der Waals surface area contributed by atoms with Gasteiger partial charge >= 0.3 is 0 Å². The van der Waals surface area contributed by atoms with Crippen molar-refractivity contribution in [3.05, 3.63) is 30.1 Å². The molecule has 0 aliphatic carbocycles. The average Bonchev–Trinajstić information content (AvgIpc) is 2.21. The second-order valence-electron chi connectivity index (χ2n) is 2.92. The first-order valence-corrected chi connectivity index (χ1v) is 4.35. The lowest BCUT2D eigenvalue weighted by molar-refractivity contribution is 0.507. The molecule has 0 aromatic carbocycles. The van der Waals surface area contributed by atoms with Gasteiger partial charge in [0.1, 0.15) is 0 Å². The minimum absolute atomic E-state index is 0.144. The van der Waals surface area contributed by atoms with Gasteiger partial charge in [0, 0.05) is 6.20 Å². The number of nitriles is 1. The predicted octanol–water partition coefficient (Wildman–Crippen LogP) is 1.63. The van der Waals surface area contributed by atoms with Crippen LogP contribution in [0.25, 0.3) is 0 Å². The Kier molecular flexibility index (Phi) is 3.41. The quantitative estimate of drug-likeness (QED) is 0.759. The van der Waals surface area contributed by atoms with Gasteiger partial charge in [0.25, 0.3) is 0 Å². The van der Waals surface area contributed by atoms with Crippen LogP contribution in [0.15, 0.2) is 24.4 Å². The van der Waals surface area contributed by atoms with Crippen LogP contribution in [-0.2, 0) is 0 Å². The second-order valence-corrected chi connectivity index (χ2v) is 2.92. The van der Waals surface area contributed by atoms with Crippen LogP contribution in [0.4, 0.5) is 0 Å². The van der Waals surface area contributed by atoms with Gasteiger partial charge in [-0.15, -0.1) is 0 Å². The summed E-state index contributed by atoms with van der Waals surface area (Å²) in [5.41, 5.74) is 6.66. The van der Waals surface area contributed by atoms with Crippen LogP contribution in [0.2, 0.25) is 0 Å². The third-order valence-corrected chi connectivity index (χ3v) is 2.07. The van der Waals surface area contributed by atoms with Crippen LogP contribution in [0.1, 0.15) is 25.1 Å². The van der Waals surface area contributed by atoms with E-state index in [0.29, 0.717) is 0 Å². The zero-order valence-electron chi connectivity index (χ0n) is 7.64. The van der Waals surface area contributed by atoms with Crippen molar-refractivity contribution in [2.45, 2.75) is 19.4 Å². The van der Waals surface area contributed by atoms with Gasteiger partial charge in [0.2, 0.25) is 0 Å². The van der Waals surface area contributed by atoms with Gasteiger partial charge in [0.05, 0.1) is 23.7 Å². The number of rotatable bonds is 3. The van der Waals surface area contributed by atoms with Crippen molar-refractivity contribution >= 4 is 0 Å². The highest BCUT2D eigenvalue weighted by atomic mass is 14.8. The molecule has 68 valence electrons. The van der Waals surface area contributed by atoms with Crippen molar-refractivity contribution in [1.82, 2.24) is 4.98 Å². The van der Waals surface area contributed by atoms with Gasteiger partial charge in [0.15, 0.2) is 0 Å². The van der Waals surface area contributed by atoms with Crippen LogP contribution in [0.3, 0.4) is 0 Å². The molecule has 0 radical (unpaired) electrons. The van der Waals surface area contributed by atoms with E-state index in [1.165, 1.54) is 0 Å². The van der Waals surface area contributed by atoms with Gasteiger partial charge in [-0.05, 0) is 18.6 Å². The third-order valence-electron chi connectivity index (χ3n) is 2.07. The number of nitrogens with two attached hydrogens (primary N) is 1. The summed E-state index contributed by atoms with van der Waals surface area (Å²) in [4.78, 5) is 4.12. The molecule has 2 atom stereocenters. The molecule has 0 bridgehead atoms. The fourth-order valence-electron chi connectivity index (χ4n) is 1.20. The van der Waals surface area contributed by atoms with Crippen molar-refractivity contribution in [2.75, 3.05) is 0 Å². The number of pyridine rings is 1. The van der Waals surface area contributed by atoms with E-state index in [1.807, 2.05) is 25.1 Å². The summed E-state index contributed by atoms with van der Waals surface area (Å²) in [6, 6.07) is 7.49. The third kappa shape index (κ3) is 2.27. The van der Waals surface area contributed by atoms with Crippen molar-refractivity contribution in [2.24, 2.45) is 11.7 Å². The molecule has 3 heteroatoms.